The Morgan fingerprint density at radius 2 is 1.85 bits per heavy atom. The van der Waals surface area contributed by atoms with Crippen LogP contribution >= 0.6 is 11.3 Å². The highest BCUT2D eigenvalue weighted by Gasteiger charge is 2.18. The van der Waals surface area contributed by atoms with E-state index >= 15 is 0 Å². The first-order valence-electron chi connectivity index (χ1n) is 8.50. The first-order valence-corrected chi connectivity index (χ1v) is 9.38. The molecule has 3 rings (SSSR count). The van der Waals surface area contributed by atoms with Crippen molar-refractivity contribution in [1.29, 1.82) is 0 Å². The summed E-state index contributed by atoms with van der Waals surface area (Å²) in [5.74, 6) is 0.717. The number of hydrogen-bond acceptors (Lipinski definition) is 4. The predicted octanol–water partition coefficient (Wildman–Crippen LogP) is 4.86. The summed E-state index contributed by atoms with van der Waals surface area (Å²) in [5, 5.41) is 3.02. The lowest BCUT2D eigenvalue weighted by atomic mass is 10.1. The van der Waals surface area contributed by atoms with Crippen LogP contribution in [-0.4, -0.2) is 22.8 Å². The van der Waals surface area contributed by atoms with Gasteiger partial charge < -0.3 is 9.64 Å². The van der Waals surface area contributed by atoms with E-state index < -0.39 is 0 Å². The zero-order valence-electron chi connectivity index (χ0n) is 15.2. The zero-order valence-corrected chi connectivity index (χ0v) is 16.0. The number of aromatic nitrogens is 1. The normalized spacial score (nSPS) is 11.8. The van der Waals surface area contributed by atoms with Crippen LogP contribution in [0.3, 0.4) is 0 Å². The largest absolute Gasteiger partial charge is 0.487 e. The van der Waals surface area contributed by atoms with Crippen LogP contribution in [0.4, 0.5) is 0 Å². The molecule has 1 heterocycles. The Balaban J connectivity index is 1.62. The third-order valence-corrected chi connectivity index (χ3v) is 5.16. The minimum absolute atomic E-state index is 0.00697. The summed E-state index contributed by atoms with van der Waals surface area (Å²) in [4.78, 5) is 18.9. The lowest BCUT2D eigenvalue weighted by Gasteiger charge is -2.25. The molecule has 1 aromatic heterocycles. The monoisotopic (exact) mass is 366 g/mol. The van der Waals surface area contributed by atoms with Gasteiger partial charge in [-0.05, 0) is 43.7 Å². The van der Waals surface area contributed by atoms with Crippen LogP contribution in [0.1, 0.15) is 39.6 Å². The fraction of sp³-hybridized carbons (Fsp3) is 0.238. The van der Waals surface area contributed by atoms with Crippen molar-refractivity contribution in [2.45, 2.75) is 26.5 Å². The van der Waals surface area contributed by atoms with Crippen LogP contribution in [0.5, 0.6) is 5.75 Å². The lowest BCUT2D eigenvalue weighted by Crippen LogP contribution is -2.29. The molecule has 0 N–H and O–H groups in total. The minimum atomic E-state index is -0.0111. The highest BCUT2D eigenvalue weighted by molar-refractivity contribution is 7.09. The Labute approximate surface area is 158 Å². The lowest BCUT2D eigenvalue weighted by molar-refractivity contribution is 0.0742. The second kappa shape index (κ2) is 8.15. The van der Waals surface area contributed by atoms with E-state index in [0.29, 0.717) is 12.2 Å². The maximum atomic E-state index is 12.7. The average Bonchev–Trinajstić information content (AvgIpc) is 3.11. The maximum absolute atomic E-state index is 12.7. The van der Waals surface area contributed by atoms with E-state index in [1.807, 2.05) is 68.7 Å². The highest BCUT2D eigenvalue weighted by atomic mass is 32.1. The number of rotatable bonds is 6. The molecule has 0 radical (unpaired) electrons. The van der Waals surface area contributed by atoms with Crippen LogP contribution < -0.4 is 4.74 Å². The van der Waals surface area contributed by atoms with Gasteiger partial charge in [-0.25, -0.2) is 4.98 Å². The van der Waals surface area contributed by atoms with Crippen molar-refractivity contribution >= 4 is 17.2 Å². The zero-order chi connectivity index (χ0) is 18.5. The Morgan fingerprint density at radius 1 is 1.15 bits per heavy atom. The van der Waals surface area contributed by atoms with Crippen molar-refractivity contribution < 1.29 is 9.53 Å². The smallest absolute Gasteiger partial charge is 0.254 e. The fourth-order valence-electron chi connectivity index (χ4n) is 2.66. The van der Waals surface area contributed by atoms with Crippen LogP contribution in [0.15, 0.2) is 60.0 Å². The van der Waals surface area contributed by atoms with E-state index in [2.05, 4.69) is 4.98 Å². The molecular formula is C21H22N2O2S. The quantitative estimate of drug-likeness (QED) is 0.625. The fourth-order valence-corrected chi connectivity index (χ4v) is 3.26. The summed E-state index contributed by atoms with van der Waals surface area (Å²) >= 11 is 1.61. The van der Waals surface area contributed by atoms with Crippen molar-refractivity contribution in [2.75, 3.05) is 7.05 Å². The summed E-state index contributed by atoms with van der Waals surface area (Å²) in [7, 11) is 1.83. The molecule has 1 unspecified atom stereocenters. The summed E-state index contributed by atoms with van der Waals surface area (Å²) < 4.78 is 5.74. The van der Waals surface area contributed by atoms with Gasteiger partial charge in [0.25, 0.3) is 5.91 Å². The Morgan fingerprint density at radius 3 is 2.46 bits per heavy atom. The van der Waals surface area contributed by atoms with E-state index in [9.17, 15) is 4.79 Å². The van der Waals surface area contributed by atoms with Gasteiger partial charge in [0.15, 0.2) is 0 Å². The van der Waals surface area contributed by atoms with Crippen molar-refractivity contribution in [3.63, 3.8) is 0 Å². The molecule has 0 aliphatic heterocycles. The molecule has 0 bridgehead atoms. The molecule has 134 valence electrons. The second-order valence-corrected chi connectivity index (χ2v) is 7.24. The first kappa shape index (κ1) is 18.1. The molecule has 0 spiro atoms. The SMILES string of the molecule is Cc1nc(COc2ccc(C(=O)N(C)C(C)c3ccccc3)cc2)cs1. The van der Waals surface area contributed by atoms with Crippen LogP contribution in [0, 0.1) is 6.92 Å². The van der Waals surface area contributed by atoms with Gasteiger partial charge in [-0.3, -0.25) is 4.79 Å². The number of nitrogens with zero attached hydrogens (tertiary/aromatic N) is 2. The molecule has 0 saturated heterocycles. The number of carbonyl (C=O) groups excluding carboxylic acids is 1. The summed E-state index contributed by atoms with van der Waals surface area (Å²) in [6.45, 7) is 4.44. The molecule has 0 fully saturated rings. The van der Waals surface area contributed by atoms with Gasteiger partial charge in [0, 0.05) is 18.0 Å². The number of hydrogen-bond donors (Lipinski definition) is 0. The Kier molecular flexibility index (Phi) is 5.68. The van der Waals surface area contributed by atoms with E-state index in [1.165, 1.54) is 0 Å². The van der Waals surface area contributed by atoms with E-state index in [0.717, 1.165) is 22.0 Å². The summed E-state index contributed by atoms with van der Waals surface area (Å²) in [6.07, 6.45) is 0. The third kappa shape index (κ3) is 4.29. The van der Waals surface area contributed by atoms with Gasteiger partial charge in [0.1, 0.15) is 12.4 Å². The molecule has 4 nitrogen and oxygen atoms in total. The molecule has 0 aliphatic rings. The van der Waals surface area contributed by atoms with Crippen LogP contribution in [0.25, 0.3) is 0 Å². The van der Waals surface area contributed by atoms with Crippen LogP contribution in [0.2, 0.25) is 0 Å². The topological polar surface area (TPSA) is 42.4 Å². The highest BCUT2D eigenvalue weighted by Crippen LogP contribution is 2.22. The predicted molar refractivity (Wildman–Crippen MR) is 105 cm³/mol. The number of benzene rings is 2. The number of thiazole rings is 1. The van der Waals surface area contributed by atoms with Gasteiger partial charge >= 0.3 is 0 Å². The Bertz CT molecular complexity index is 859. The van der Waals surface area contributed by atoms with Gasteiger partial charge in [-0.15, -0.1) is 11.3 Å². The summed E-state index contributed by atoms with van der Waals surface area (Å²) in [6, 6.07) is 17.3. The summed E-state index contributed by atoms with van der Waals surface area (Å²) in [5.41, 5.74) is 2.68. The van der Waals surface area contributed by atoms with Crippen molar-refractivity contribution in [3.8, 4) is 5.75 Å². The van der Waals surface area contributed by atoms with Gasteiger partial charge in [-0.1, -0.05) is 30.3 Å². The van der Waals surface area contributed by atoms with E-state index in [-0.39, 0.29) is 11.9 Å². The van der Waals surface area contributed by atoms with Crippen molar-refractivity contribution in [2.24, 2.45) is 0 Å². The molecule has 5 heteroatoms. The molecule has 3 aromatic rings. The van der Waals surface area contributed by atoms with Gasteiger partial charge in [0.2, 0.25) is 0 Å². The molecule has 1 amide bonds. The molecule has 26 heavy (non-hydrogen) atoms. The third-order valence-electron chi connectivity index (χ3n) is 4.34. The standard InChI is InChI=1S/C21H22N2O2S/c1-15(17-7-5-4-6-8-17)23(3)21(24)18-9-11-20(12-10-18)25-13-19-14-26-16(2)22-19/h4-12,14-15H,13H2,1-3H3. The minimum Gasteiger partial charge on any atom is -0.487 e. The molecule has 0 aliphatic carbocycles. The molecule has 0 saturated carbocycles. The van der Waals surface area contributed by atoms with Crippen LogP contribution in [-0.2, 0) is 6.61 Å². The van der Waals surface area contributed by atoms with Gasteiger partial charge in [0.05, 0.1) is 16.7 Å². The maximum Gasteiger partial charge on any atom is 0.254 e. The molecule has 1 atom stereocenters. The number of aryl methyl sites for hydroxylation is 1. The average molecular weight is 366 g/mol. The van der Waals surface area contributed by atoms with Gasteiger partial charge in [-0.2, -0.15) is 0 Å². The Hall–Kier alpha value is -2.66. The number of carbonyl (C=O) groups is 1. The second-order valence-electron chi connectivity index (χ2n) is 6.17. The first-order chi connectivity index (χ1) is 12.5. The number of ether oxygens (including phenoxy) is 1. The molecule has 2 aromatic carbocycles. The van der Waals surface area contributed by atoms with Crippen molar-refractivity contribution in [3.05, 3.63) is 81.8 Å². The molecular weight excluding hydrogens is 344 g/mol. The van der Waals surface area contributed by atoms with Crippen molar-refractivity contribution in [1.82, 2.24) is 9.88 Å². The van der Waals surface area contributed by atoms with E-state index in [1.54, 1.807) is 28.4 Å². The number of amides is 1. The van der Waals surface area contributed by atoms with E-state index in [4.69, 9.17) is 4.74 Å².